The Labute approximate surface area is 122 Å². The summed E-state index contributed by atoms with van der Waals surface area (Å²) in [5.74, 6) is 0.0274. The van der Waals surface area contributed by atoms with Crippen LogP contribution in [0, 0.1) is 0 Å². The third-order valence-corrected chi connectivity index (χ3v) is 3.59. The number of hydrogen-bond donors (Lipinski definition) is 2. The quantitative estimate of drug-likeness (QED) is 0.607. The minimum Gasteiger partial charge on any atom is -0.303 e. The van der Waals surface area contributed by atoms with Crippen molar-refractivity contribution < 1.29 is 23.7 Å². The Morgan fingerprint density at radius 2 is 1.81 bits per heavy atom. The Morgan fingerprint density at radius 1 is 1.10 bits per heavy atom. The predicted molar refractivity (Wildman–Crippen MR) is 79.9 cm³/mol. The Kier molecular flexibility index (Phi) is 5.26. The molecule has 0 aromatic heterocycles. The summed E-state index contributed by atoms with van der Waals surface area (Å²) in [5, 5.41) is 2.22. The number of phosphoric ester groups is 1. The van der Waals surface area contributed by atoms with Crippen molar-refractivity contribution in [2.24, 2.45) is 0 Å². The summed E-state index contributed by atoms with van der Waals surface area (Å²) in [4.78, 5) is 28.9. The van der Waals surface area contributed by atoms with E-state index in [4.69, 9.17) is 9.79 Å². The fraction of sp³-hybridized carbons (Fsp3) is 0.267. The van der Waals surface area contributed by atoms with Crippen LogP contribution >= 0.6 is 7.82 Å². The van der Waals surface area contributed by atoms with Gasteiger partial charge >= 0.3 is 7.82 Å². The number of fused-ring (bicyclic) bond motifs is 1. The van der Waals surface area contributed by atoms with Crippen molar-refractivity contribution in [1.29, 1.82) is 0 Å². The number of benzene rings is 2. The van der Waals surface area contributed by atoms with Crippen LogP contribution in [0.5, 0.6) is 0 Å². The molecule has 0 radical (unpaired) electrons. The van der Waals surface area contributed by atoms with Gasteiger partial charge in [0, 0.05) is 12.8 Å². The molecule has 21 heavy (non-hydrogen) atoms. The monoisotopic (exact) mass is 308 g/mol. The molecule has 0 aliphatic rings. The minimum absolute atomic E-state index is 0.0274. The fourth-order valence-electron chi connectivity index (χ4n) is 2.12. The molecule has 0 aliphatic heterocycles. The van der Waals surface area contributed by atoms with Gasteiger partial charge in [0.2, 0.25) is 0 Å². The van der Waals surface area contributed by atoms with Crippen LogP contribution in [-0.2, 0) is 20.3 Å². The Bertz CT molecular complexity index is 677. The molecule has 0 amide bonds. The minimum atomic E-state index is -4.43. The van der Waals surface area contributed by atoms with Gasteiger partial charge in [0.15, 0.2) is 0 Å². The molecule has 2 aromatic carbocycles. The second kappa shape index (κ2) is 6.96. The van der Waals surface area contributed by atoms with Crippen molar-refractivity contribution in [3.8, 4) is 0 Å². The van der Waals surface area contributed by atoms with Crippen LogP contribution in [0.15, 0.2) is 42.5 Å². The van der Waals surface area contributed by atoms with Crippen LogP contribution in [0.1, 0.15) is 18.4 Å². The lowest BCUT2D eigenvalue weighted by atomic mass is 10.0. The predicted octanol–water partition coefficient (Wildman–Crippen LogP) is 2.84. The fourth-order valence-corrected chi connectivity index (χ4v) is 2.48. The van der Waals surface area contributed by atoms with Crippen LogP contribution in [0.3, 0.4) is 0 Å². The summed E-state index contributed by atoms with van der Waals surface area (Å²) >= 11 is 0. The lowest BCUT2D eigenvalue weighted by Crippen LogP contribution is -2.04. The molecule has 2 N–H and O–H groups in total. The largest absolute Gasteiger partial charge is 0.469 e. The van der Waals surface area contributed by atoms with E-state index in [-0.39, 0.29) is 18.8 Å². The third kappa shape index (κ3) is 5.40. The highest BCUT2D eigenvalue weighted by Crippen LogP contribution is 2.35. The first-order chi connectivity index (χ1) is 9.94. The normalized spacial score (nSPS) is 11.7. The topological polar surface area (TPSA) is 83.8 Å². The molecule has 0 spiro atoms. The molecule has 0 saturated carbocycles. The molecule has 0 bridgehead atoms. The van der Waals surface area contributed by atoms with Gasteiger partial charge in [-0.05, 0) is 22.8 Å². The van der Waals surface area contributed by atoms with Crippen LogP contribution in [0.4, 0.5) is 0 Å². The standard InChI is InChI=1S/C15H17O5P/c16-15(6-3-9-20-21(17,18)19)11-12-7-8-13-4-1-2-5-14(13)10-12/h1-2,4-5,7-8,10H,3,6,9,11H2,(H2,17,18,19). The van der Waals surface area contributed by atoms with E-state index >= 15 is 0 Å². The van der Waals surface area contributed by atoms with Gasteiger partial charge in [-0.2, -0.15) is 0 Å². The molecular weight excluding hydrogens is 291 g/mol. The van der Waals surface area contributed by atoms with Crippen molar-refractivity contribution in [1.82, 2.24) is 0 Å². The van der Waals surface area contributed by atoms with Gasteiger partial charge in [-0.25, -0.2) is 4.57 Å². The van der Waals surface area contributed by atoms with Crippen LogP contribution in [0.25, 0.3) is 10.8 Å². The smallest absolute Gasteiger partial charge is 0.303 e. The molecule has 0 fully saturated rings. The van der Waals surface area contributed by atoms with Gasteiger partial charge in [0.05, 0.1) is 6.61 Å². The number of carbonyl (C=O) groups excluding carboxylic acids is 1. The molecule has 2 aromatic rings. The highest BCUT2D eigenvalue weighted by molar-refractivity contribution is 7.46. The number of ketones is 1. The first kappa shape index (κ1) is 15.9. The maximum absolute atomic E-state index is 11.8. The van der Waals surface area contributed by atoms with E-state index in [0.717, 1.165) is 16.3 Å². The van der Waals surface area contributed by atoms with Crippen molar-refractivity contribution in [2.75, 3.05) is 6.61 Å². The molecule has 0 saturated heterocycles. The summed E-state index contributed by atoms with van der Waals surface area (Å²) in [5.41, 5.74) is 0.939. The molecule has 2 rings (SSSR count). The summed E-state index contributed by atoms with van der Waals surface area (Å²) < 4.78 is 14.8. The van der Waals surface area contributed by atoms with Crippen molar-refractivity contribution in [3.05, 3.63) is 48.0 Å². The summed E-state index contributed by atoms with van der Waals surface area (Å²) in [7, 11) is -4.43. The van der Waals surface area contributed by atoms with Gasteiger partial charge in [0.25, 0.3) is 0 Å². The van der Waals surface area contributed by atoms with Crippen molar-refractivity contribution >= 4 is 24.4 Å². The summed E-state index contributed by atoms with van der Waals surface area (Å²) in [6, 6.07) is 13.8. The van der Waals surface area contributed by atoms with E-state index in [9.17, 15) is 9.36 Å². The number of phosphoric acid groups is 1. The molecule has 5 nitrogen and oxygen atoms in total. The molecular formula is C15H17O5P. The van der Waals surface area contributed by atoms with Gasteiger partial charge in [-0.15, -0.1) is 0 Å². The van der Waals surface area contributed by atoms with Crippen molar-refractivity contribution in [2.45, 2.75) is 19.3 Å². The van der Waals surface area contributed by atoms with Gasteiger partial charge in [-0.1, -0.05) is 42.5 Å². The summed E-state index contributed by atoms with van der Waals surface area (Å²) in [6.07, 6.45) is 0.866. The number of carbonyl (C=O) groups is 1. The molecule has 0 heterocycles. The van der Waals surface area contributed by atoms with Crippen LogP contribution < -0.4 is 0 Å². The van der Waals surface area contributed by atoms with Crippen molar-refractivity contribution in [3.63, 3.8) is 0 Å². The SMILES string of the molecule is O=C(CCCOP(=O)(O)O)Cc1ccc2ccccc2c1. The average molecular weight is 308 g/mol. The second-order valence-corrected chi connectivity index (χ2v) is 6.06. The zero-order chi connectivity index (χ0) is 15.3. The maximum atomic E-state index is 11.8. The summed E-state index contributed by atoms with van der Waals surface area (Å²) in [6.45, 7) is -0.117. The van der Waals surface area contributed by atoms with Gasteiger partial charge in [0.1, 0.15) is 5.78 Å². The van der Waals surface area contributed by atoms with Crippen LogP contribution in [0.2, 0.25) is 0 Å². The Balaban J connectivity index is 1.85. The van der Waals surface area contributed by atoms with E-state index in [0.29, 0.717) is 12.8 Å². The first-order valence-corrected chi connectivity index (χ1v) is 8.16. The molecule has 112 valence electrons. The Morgan fingerprint density at radius 3 is 2.52 bits per heavy atom. The van der Waals surface area contributed by atoms with Crippen LogP contribution in [-0.4, -0.2) is 22.2 Å². The maximum Gasteiger partial charge on any atom is 0.469 e. The zero-order valence-corrected chi connectivity index (χ0v) is 12.3. The lowest BCUT2D eigenvalue weighted by molar-refractivity contribution is -0.118. The molecule has 0 atom stereocenters. The second-order valence-electron chi connectivity index (χ2n) is 4.82. The van der Waals surface area contributed by atoms with E-state index in [2.05, 4.69) is 4.52 Å². The third-order valence-electron chi connectivity index (χ3n) is 3.07. The highest BCUT2D eigenvalue weighted by Gasteiger charge is 2.13. The number of Topliss-reactive ketones (excluding diaryl/α,β-unsaturated/α-hetero) is 1. The zero-order valence-electron chi connectivity index (χ0n) is 11.4. The Hall–Kier alpha value is -1.52. The highest BCUT2D eigenvalue weighted by atomic mass is 31.2. The lowest BCUT2D eigenvalue weighted by Gasteiger charge is -2.05. The first-order valence-electron chi connectivity index (χ1n) is 6.63. The van der Waals surface area contributed by atoms with E-state index in [1.54, 1.807) is 0 Å². The number of rotatable bonds is 7. The van der Waals surface area contributed by atoms with E-state index in [1.165, 1.54) is 0 Å². The average Bonchev–Trinajstić information content (AvgIpc) is 2.42. The van der Waals surface area contributed by atoms with Gasteiger partial charge in [-0.3, -0.25) is 9.32 Å². The van der Waals surface area contributed by atoms with E-state index in [1.807, 2.05) is 42.5 Å². The van der Waals surface area contributed by atoms with E-state index < -0.39 is 7.82 Å². The number of hydrogen-bond acceptors (Lipinski definition) is 3. The van der Waals surface area contributed by atoms with Gasteiger partial charge < -0.3 is 9.79 Å². The molecule has 6 heteroatoms. The molecule has 0 unspecified atom stereocenters. The molecule has 0 aliphatic carbocycles.